The SMILES string of the molecule is CCCCCOC(OOCCC(C)C)(OC(C)(C)C)C(C)(COCCC)C(OCCCC)(OC(C)C)OC(C)CC. The summed E-state index contributed by atoms with van der Waals surface area (Å²) in [6.45, 7) is 28.4. The largest absolute Gasteiger partial charge is 0.380 e. The van der Waals surface area contributed by atoms with E-state index in [4.69, 9.17) is 38.2 Å². The number of unbranched alkanes of at least 4 members (excludes halogenated alkanes) is 3. The van der Waals surface area contributed by atoms with E-state index in [1.807, 2.05) is 48.5 Å². The van der Waals surface area contributed by atoms with Crippen molar-refractivity contribution in [3.8, 4) is 0 Å². The van der Waals surface area contributed by atoms with Crippen LogP contribution in [0.15, 0.2) is 0 Å². The maximum Gasteiger partial charge on any atom is 0.328 e. The van der Waals surface area contributed by atoms with Crippen molar-refractivity contribution in [2.24, 2.45) is 11.3 Å². The van der Waals surface area contributed by atoms with Crippen LogP contribution in [0.3, 0.4) is 0 Å². The molecule has 0 rings (SSSR count). The Kier molecular flexibility index (Phi) is 20.4. The third-order valence-electron chi connectivity index (χ3n) is 6.63. The molecule has 0 heterocycles. The number of ether oxygens (including phenoxy) is 6. The fourth-order valence-corrected chi connectivity index (χ4v) is 4.11. The van der Waals surface area contributed by atoms with Crippen molar-refractivity contribution in [2.45, 2.75) is 171 Å². The standard InChI is InChI=1S/C33H68O8/c1-14-18-20-24-36-33(40-30(10,11)12,41-37-25-21-27(5)6)31(13,26-34-22-16-3)32(38-28(7)8,35-23-19-15-2)39-29(9)17-4/h27-29H,14-26H2,1-13H3. The average molecular weight is 593 g/mol. The van der Waals surface area contributed by atoms with Crippen LogP contribution < -0.4 is 0 Å². The normalized spacial score (nSPS) is 17.9. The second kappa shape index (κ2) is 20.6. The lowest BCUT2D eigenvalue weighted by molar-refractivity contribution is -0.595. The second-order valence-electron chi connectivity index (χ2n) is 13.1. The first-order chi connectivity index (χ1) is 19.2. The van der Waals surface area contributed by atoms with E-state index in [2.05, 4.69) is 41.5 Å². The summed E-state index contributed by atoms with van der Waals surface area (Å²) in [4.78, 5) is 12.3. The van der Waals surface area contributed by atoms with Gasteiger partial charge in [0.15, 0.2) is 5.41 Å². The summed E-state index contributed by atoms with van der Waals surface area (Å²) < 4.78 is 40.1. The summed E-state index contributed by atoms with van der Waals surface area (Å²) in [5.74, 6) is -2.99. The van der Waals surface area contributed by atoms with Crippen LogP contribution in [0.4, 0.5) is 0 Å². The highest BCUT2D eigenvalue weighted by molar-refractivity contribution is 4.96. The Morgan fingerprint density at radius 3 is 1.76 bits per heavy atom. The topological polar surface area (TPSA) is 73.8 Å². The van der Waals surface area contributed by atoms with Crippen LogP contribution in [0.25, 0.3) is 0 Å². The minimum atomic E-state index is -1.79. The van der Waals surface area contributed by atoms with Crippen LogP contribution in [-0.4, -0.2) is 62.8 Å². The Morgan fingerprint density at radius 2 is 1.24 bits per heavy atom. The Labute approximate surface area is 253 Å². The first-order valence-electron chi connectivity index (χ1n) is 16.4. The summed E-state index contributed by atoms with van der Waals surface area (Å²) in [5, 5.41) is 0. The molecule has 0 aromatic carbocycles. The molecule has 0 aromatic rings. The summed E-state index contributed by atoms with van der Waals surface area (Å²) >= 11 is 0. The van der Waals surface area contributed by atoms with E-state index in [0.717, 1.165) is 51.4 Å². The van der Waals surface area contributed by atoms with E-state index < -0.39 is 23.0 Å². The molecule has 0 saturated carbocycles. The van der Waals surface area contributed by atoms with E-state index >= 15 is 0 Å². The molecule has 0 aromatic heterocycles. The van der Waals surface area contributed by atoms with Crippen LogP contribution >= 0.6 is 0 Å². The Balaban J connectivity index is 7.39. The molecule has 248 valence electrons. The van der Waals surface area contributed by atoms with E-state index in [-0.39, 0.29) is 18.8 Å². The van der Waals surface area contributed by atoms with Crippen LogP contribution in [0.5, 0.6) is 0 Å². The van der Waals surface area contributed by atoms with Crippen LogP contribution in [0, 0.1) is 11.3 Å². The molecule has 0 amide bonds. The van der Waals surface area contributed by atoms with E-state index in [1.165, 1.54) is 0 Å². The number of hydrogen-bond acceptors (Lipinski definition) is 8. The van der Waals surface area contributed by atoms with Crippen molar-refractivity contribution in [1.82, 2.24) is 0 Å². The number of hydrogen-bond donors (Lipinski definition) is 0. The van der Waals surface area contributed by atoms with Crippen molar-refractivity contribution >= 4 is 0 Å². The van der Waals surface area contributed by atoms with Gasteiger partial charge in [0, 0.05) is 6.61 Å². The van der Waals surface area contributed by atoms with Gasteiger partial charge in [-0.3, -0.25) is 0 Å². The zero-order valence-electron chi connectivity index (χ0n) is 29.2. The van der Waals surface area contributed by atoms with Gasteiger partial charge < -0.3 is 28.4 Å². The van der Waals surface area contributed by atoms with Gasteiger partial charge in [0.25, 0.3) is 5.97 Å². The fraction of sp³-hybridized carbons (Fsp3) is 1.00. The molecule has 0 aliphatic heterocycles. The van der Waals surface area contributed by atoms with Crippen LogP contribution in [-0.2, 0) is 38.2 Å². The van der Waals surface area contributed by atoms with Gasteiger partial charge in [-0.2, -0.15) is 4.89 Å². The molecule has 8 heteroatoms. The highest BCUT2D eigenvalue weighted by atomic mass is 17.3. The van der Waals surface area contributed by atoms with Gasteiger partial charge in [-0.1, -0.05) is 60.8 Å². The number of rotatable bonds is 26. The molecule has 0 aliphatic carbocycles. The molecule has 0 spiro atoms. The predicted molar refractivity (Wildman–Crippen MR) is 165 cm³/mol. The molecule has 0 radical (unpaired) electrons. The maximum absolute atomic E-state index is 6.83. The molecule has 0 fully saturated rings. The molecule has 0 aliphatic rings. The van der Waals surface area contributed by atoms with Gasteiger partial charge >= 0.3 is 5.97 Å². The quantitative estimate of drug-likeness (QED) is 0.0427. The van der Waals surface area contributed by atoms with Gasteiger partial charge in [-0.15, -0.1) is 0 Å². The summed E-state index contributed by atoms with van der Waals surface area (Å²) in [6.07, 6.45) is 6.63. The van der Waals surface area contributed by atoms with Gasteiger partial charge in [0.2, 0.25) is 0 Å². The Morgan fingerprint density at radius 1 is 0.634 bits per heavy atom. The second-order valence-corrected chi connectivity index (χ2v) is 13.1. The van der Waals surface area contributed by atoms with E-state index in [0.29, 0.717) is 32.3 Å². The molecule has 0 bridgehead atoms. The molecular weight excluding hydrogens is 524 g/mol. The van der Waals surface area contributed by atoms with Crippen molar-refractivity contribution in [2.75, 3.05) is 33.0 Å². The molecule has 0 N–H and O–H groups in total. The highest BCUT2D eigenvalue weighted by Crippen LogP contribution is 2.52. The highest BCUT2D eigenvalue weighted by Gasteiger charge is 2.70. The minimum Gasteiger partial charge on any atom is -0.380 e. The third kappa shape index (κ3) is 14.3. The van der Waals surface area contributed by atoms with Crippen LogP contribution in [0.1, 0.15) is 141 Å². The molecular formula is C33H68O8. The zero-order valence-corrected chi connectivity index (χ0v) is 29.2. The van der Waals surface area contributed by atoms with Gasteiger partial charge in [-0.05, 0) is 86.5 Å². The molecule has 8 nitrogen and oxygen atoms in total. The fourth-order valence-electron chi connectivity index (χ4n) is 4.11. The summed E-state index contributed by atoms with van der Waals surface area (Å²) in [5.41, 5.74) is -1.99. The minimum absolute atomic E-state index is 0.119. The Hall–Kier alpha value is -0.320. The van der Waals surface area contributed by atoms with Gasteiger partial charge in [-0.25, -0.2) is 4.89 Å². The third-order valence-corrected chi connectivity index (χ3v) is 6.63. The van der Waals surface area contributed by atoms with Crippen LogP contribution in [0.2, 0.25) is 0 Å². The van der Waals surface area contributed by atoms with Crippen molar-refractivity contribution < 1.29 is 38.2 Å². The van der Waals surface area contributed by atoms with Crippen molar-refractivity contribution in [3.05, 3.63) is 0 Å². The summed E-state index contributed by atoms with van der Waals surface area (Å²) in [6, 6.07) is 0. The van der Waals surface area contributed by atoms with Crippen molar-refractivity contribution in [3.63, 3.8) is 0 Å². The molecule has 41 heavy (non-hydrogen) atoms. The monoisotopic (exact) mass is 592 g/mol. The van der Waals surface area contributed by atoms with Gasteiger partial charge in [0.1, 0.15) is 0 Å². The van der Waals surface area contributed by atoms with Gasteiger partial charge in [0.05, 0.1) is 44.2 Å². The molecule has 0 saturated heterocycles. The van der Waals surface area contributed by atoms with E-state index in [1.54, 1.807) is 0 Å². The van der Waals surface area contributed by atoms with Crippen molar-refractivity contribution in [1.29, 1.82) is 0 Å². The molecule has 4 atom stereocenters. The maximum atomic E-state index is 6.83. The lowest BCUT2D eigenvalue weighted by Crippen LogP contribution is -2.71. The first kappa shape index (κ1) is 40.7. The zero-order chi connectivity index (χ0) is 31.6. The smallest absolute Gasteiger partial charge is 0.328 e. The Bertz CT molecular complexity index is 637. The molecule has 4 unspecified atom stereocenters. The lowest BCUT2D eigenvalue weighted by atomic mass is 9.83. The lowest BCUT2D eigenvalue weighted by Gasteiger charge is -2.55. The van der Waals surface area contributed by atoms with E-state index in [9.17, 15) is 0 Å². The first-order valence-corrected chi connectivity index (χ1v) is 16.4. The summed E-state index contributed by atoms with van der Waals surface area (Å²) in [7, 11) is 0. The predicted octanol–water partition coefficient (Wildman–Crippen LogP) is 8.80. The average Bonchev–Trinajstić information content (AvgIpc) is 2.87.